The van der Waals surface area contributed by atoms with Gasteiger partial charge in [0.1, 0.15) is 0 Å². The summed E-state index contributed by atoms with van der Waals surface area (Å²) in [4.78, 5) is 19.1. The summed E-state index contributed by atoms with van der Waals surface area (Å²) in [6.45, 7) is 2.80. The van der Waals surface area contributed by atoms with Crippen LogP contribution in [0.15, 0.2) is 22.7 Å². The molecule has 1 saturated heterocycles. The molecule has 0 spiro atoms. The SMILES string of the molecule is CNCC1CCCN(C(=O)CCc2nc3cc(Br)ccc3s2)C1. The van der Waals surface area contributed by atoms with Crippen LogP contribution in [0.3, 0.4) is 0 Å². The van der Waals surface area contributed by atoms with Crippen molar-refractivity contribution in [3.8, 4) is 0 Å². The fourth-order valence-corrected chi connectivity index (χ4v) is 4.47. The maximum atomic E-state index is 12.5. The molecule has 1 aromatic heterocycles. The van der Waals surface area contributed by atoms with E-state index in [4.69, 9.17) is 0 Å². The molecule has 1 aromatic carbocycles. The highest BCUT2D eigenvalue weighted by molar-refractivity contribution is 9.10. The number of aromatic nitrogens is 1. The molecule has 1 amide bonds. The van der Waals surface area contributed by atoms with Crippen LogP contribution in [-0.4, -0.2) is 42.5 Å². The minimum Gasteiger partial charge on any atom is -0.342 e. The summed E-state index contributed by atoms with van der Waals surface area (Å²) in [5, 5.41) is 4.28. The first-order chi connectivity index (χ1) is 11.2. The van der Waals surface area contributed by atoms with Crippen molar-refractivity contribution in [3.63, 3.8) is 0 Å². The highest BCUT2D eigenvalue weighted by Crippen LogP contribution is 2.26. The summed E-state index contributed by atoms with van der Waals surface area (Å²) in [5.41, 5.74) is 1.01. The molecule has 0 saturated carbocycles. The van der Waals surface area contributed by atoms with Crippen molar-refractivity contribution in [2.24, 2.45) is 5.92 Å². The van der Waals surface area contributed by atoms with Gasteiger partial charge in [0.2, 0.25) is 5.91 Å². The van der Waals surface area contributed by atoms with Gasteiger partial charge < -0.3 is 10.2 Å². The Labute approximate surface area is 149 Å². The number of carbonyl (C=O) groups excluding carboxylic acids is 1. The van der Waals surface area contributed by atoms with E-state index >= 15 is 0 Å². The number of benzene rings is 1. The predicted molar refractivity (Wildman–Crippen MR) is 98.9 cm³/mol. The van der Waals surface area contributed by atoms with Crippen LogP contribution in [0.2, 0.25) is 0 Å². The van der Waals surface area contributed by atoms with Crippen molar-refractivity contribution in [2.45, 2.75) is 25.7 Å². The second-order valence-electron chi connectivity index (χ2n) is 6.13. The Bertz CT molecular complexity index is 686. The van der Waals surface area contributed by atoms with E-state index < -0.39 is 0 Å². The molecule has 124 valence electrons. The topological polar surface area (TPSA) is 45.2 Å². The van der Waals surface area contributed by atoms with E-state index in [1.807, 2.05) is 24.1 Å². The largest absolute Gasteiger partial charge is 0.342 e. The zero-order valence-electron chi connectivity index (χ0n) is 13.3. The minimum atomic E-state index is 0.270. The summed E-state index contributed by atoms with van der Waals surface area (Å²) >= 11 is 5.16. The van der Waals surface area contributed by atoms with Gasteiger partial charge in [0, 0.05) is 30.4 Å². The number of nitrogens with one attached hydrogen (secondary N) is 1. The molecule has 1 atom stereocenters. The van der Waals surface area contributed by atoms with Crippen molar-refractivity contribution in [3.05, 3.63) is 27.7 Å². The number of nitrogens with zero attached hydrogens (tertiary/aromatic N) is 2. The van der Waals surface area contributed by atoms with Crippen molar-refractivity contribution in [1.82, 2.24) is 15.2 Å². The monoisotopic (exact) mass is 395 g/mol. The van der Waals surface area contributed by atoms with Crippen molar-refractivity contribution < 1.29 is 4.79 Å². The Hall–Kier alpha value is -0.980. The molecule has 1 aliphatic heterocycles. The van der Waals surface area contributed by atoms with Gasteiger partial charge >= 0.3 is 0 Å². The molecule has 1 unspecified atom stereocenters. The van der Waals surface area contributed by atoms with Crippen LogP contribution in [0.4, 0.5) is 0 Å². The number of amides is 1. The van der Waals surface area contributed by atoms with Crippen molar-refractivity contribution in [1.29, 1.82) is 0 Å². The van der Waals surface area contributed by atoms with Gasteiger partial charge in [-0.05, 0) is 50.6 Å². The number of thiazole rings is 1. The molecule has 0 radical (unpaired) electrons. The minimum absolute atomic E-state index is 0.270. The lowest BCUT2D eigenvalue weighted by molar-refractivity contribution is -0.132. The number of halogens is 1. The highest BCUT2D eigenvalue weighted by atomic mass is 79.9. The number of aryl methyl sites for hydroxylation is 1. The van der Waals surface area contributed by atoms with Crippen molar-refractivity contribution >= 4 is 43.4 Å². The lowest BCUT2D eigenvalue weighted by Gasteiger charge is -2.32. The highest BCUT2D eigenvalue weighted by Gasteiger charge is 2.23. The fourth-order valence-electron chi connectivity index (χ4n) is 3.17. The number of hydrogen-bond acceptors (Lipinski definition) is 4. The van der Waals surface area contributed by atoms with Gasteiger partial charge in [0.25, 0.3) is 0 Å². The van der Waals surface area contributed by atoms with E-state index in [-0.39, 0.29) is 5.91 Å². The first kappa shape index (κ1) is 16.9. The van der Waals surface area contributed by atoms with E-state index in [1.54, 1.807) is 11.3 Å². The number of rotatable bonds is 5. The number of likely N-dealkylation sites (tertiary alicyclic amines) is 1. The van der Waals surface area contributed by atoms with E-state index in [0.29, 0.717) is 12.3 Å². The average molecular weight is 396 g/mol. The van der Waals surface area contributed by atoms with Gasteiger partial charge in [-0.25, -0.2) is 4.98 Å². The first-order valence-electron chi connectivity index (χ1n) is 8.13. The second-order valence-corrected chi connectivity index (χ2v) is 8.16. The smallest absolute Gasteiger partial charge is 0.222 e. The molecule has 1 aliphatic rings. The lowest BCUT2D eigenvalue weighted by atomic mass is 9.97. The Morgan fingerprint density at radius 3 is 3.22 bits per heavy atom. The van der Waals surface area contributed by atoms with Crippen LogP contribution < -0.4 is 5.32 Å². The third-order valence-corrected chi connectivity index (χ3v) is 5.90. The molecule has 2 aromatic rings. The number of carbonyl (C=O) groups is 1. The standard InChI is InChI=1S/C17H22BrN3OS/c1-19-10-12-3-2-8-21(11-12)17(22)7-6-16-20-14-9-13(18)4-5-15(14)23-16/h4-5,9,12,19H,2-3,6-8,10-11H2,1H3. The van der Waals surface area contributed by atoms with Gasteiger partial charge in [0.15, 0.2) is 0 Å². The molecule has 6 heteroatoms. The van der Waals surface area contributed by atoms with E-state index in [1.165, 1.54) is 11.1 Å². The molecule has 1 N–H and O–H groups in total. The molecule has 4 nitrogen and oxygen atoms in total. The van der Waals surface area contributed by atoms with Crippen LogP contribution in [0.5, 0.6) is 0 Å². The van der Waals surface area contributed by atoms with E-state index in [9.17, 15) is 4.79 Å². The Morgan fingerprint density at radius 1 is 1.52 bits per heavy atom. The molecular weight excluding hydrogens is 374 g/mol. The second kappa shape index (κ2) is 7.73. The number of piperidine rings is 1. The van der Waals surface area contributed by atoms with Crippen LogP contribution in [0.25, 0.3) is 10.2 Å². The maximum absolute atomic E-state index is 12.5. The molecule has 2 heterocycles. The molecule has 3 rings (SSSR count). The predicted octanol–water partition coefficient (Wildman–Crippen LogP) is 3.45. The van der Waals surface area contributed by atoms with Crippen LogP contribution in [0, 0.1) is 5.92 Å². The van der Waals surface area contributed by atoms with Gasteiger partial charge in [-0.15, -0.1) is 11.3 Å². The number of hydrogen-bond donors (Lipinski definition) is 1. The summed E-state index contributed by atoms with van der Waals surface area (Å²) in [6, 6.07) is 6.14. The summed E-state index contributed by atoms with van der Waals surface area (Å²) in [6.07, 6.45) is 3.64. The molecule has 0 aliphatic carbocycles. The van der Waals surface area contributed by atoms with Crippen LogP contribution >= 0.6 is 27.3 Å². The maximum Gasteiger partial charge on any atom is 0.222 e. The van der Waals surface area contributed by atoms with Gasteiger partial charge in [-0.1, -0.05) is 15.9 Å². The Balaban J connectivity index is 1.57. The summed E-state index contributed by atoms with van der Waals surface area (Å²) in [5.74, 6) is 0.865. The Morgan fingerprint density at radius 2 is 2.39 bits per heavy atom. The first-order valence-corrected chi connectivity index (χ1v) is 9.74. The van der Waals surface area contributed by atoms with Gasteiger partial charge in [-0.2, -0.15) is 0 Å². The van der Waals surface area contributed by atoms with Gasteiger partial charge in [-0.3, -0.25) is 4.79 Å². The van der Waals surface area contributed by atoms with E-state index in [0.717, 1.165) is 47.5 Å². The fraction of sp³-hybridized carbons (Fsp3) is 0.529. The van der Waals surface area contributed by atoms with Crippen molar-refractivity contribution in [2.75, 3.05) is 26.7 Å². The zero-order valence-corrected chi connectivity index (χ0v) is 15.8. The van der Waals surface area contributed by atoms with Gasteiger partial charge in [0.05, 0.1) is 15.2 Å². The van der Waals surface area contributed by atoms with Crippen LogP contribution in [-0.2, 0) is 11.2 Å². The molecule has 23 heavy (non-hydrogen) atoms. The normalized spacial score (nSPS) is 18.5. The quantitative estimate of drug-likeness (QED) is 0.842. The summed E-state index contributed by atoms with van der Waals surface area (Å²) < 4.78 is 2.23. The zero-order chi connectivity index (χ0) is 16.2. The van der Waals surface area contributed by atoms with Crippen LogP contribution in [0.1, 0.15) is 24.3 Å². The summed E-state index contributed by atoms with van der Waals surface area (Å²) in [7, 11) is 1.98. The average Bonchev–Trinajstić information content (AvgIpc) is 2.95. The number of fused-ring (bicyclic) bond motifs is 1. The molecule has 1 fully saturated rings. The van der Waals surface area contributed by atoms with E-state index in [2.05, 4.69) is 32.3 Å². The Kier molecular flexibility index (Phi) is 5.67. The lowest BCUT2D eigenvalue weighted by Crippen LogP contribution is -2.42. The third-order valence-electron chi connectivity index (χ3n) is 4.31. The third kappa shape index (κ3) is 4.31. The molecule has 0 bridgehead atoms. The molecular formula is C17H22BrN3OS.